The number of nitrogens with two attached hydrogens (primary N) is 1. The van der Waals surface area contributed by atoms with Gasteiger partial charge in [-0.1, -0.05) is 0 Å². The first-order valence-electron chi connectivity index (χ1n) is 4.37. The van der Waals surface area contributed by atoms with E-state index in [-0.39, 0.29) is 11.3 Å². The lowest BCUT2D eigenvalue weighted by atomic mass is 10.2. The lowest BCUT2D eigenvalue weighted by Crippen LogP contribution is -2.28. The van der Waals surface area contributed by atoms with Crippen LogP contribution in [0.5, 0.6) is 11.8 Å². The minimum absolute atomic E-state index is 0.251. The number of halogens is 3. The Labute approximate surface area is 105 Å². The van der Waals surface area contributed by atoms with Crippen LogP contribution in [0.1, 0.15) is 5.56 Å². The number of hydrogen-bond donors (Lipinski definition) is 1. The Balaban J connectivity index is 3.26. The molecule has 1 rings (SSSR count). The van der Waals surface area contributed by atoms with Crippen molar-refractivity contribution in [2.45, 2.75) is 5.51 Å². The summed E-state index contributed by atoms with van der Waals surface area (Å²) in [5.41, 5.74) is -0.851. The highest BCUT2D eigenvalue weighted by atomic mass is 32.2. The van der Waals surface area contributed by atoms with E-state index >= 15 is 0 Å². The van der Waals surface area contributed by atoms with Crippen molar-refractivity contribution in [1.29, 1.82) is 5.26 Å². The molecule has 7 nitrogen and oxygen atoms in total. The van der Waals surface area contributed by atoms with Gasteiger partial charge >= 0.3 is 15.6 Å². The number of alkyl halides is 3. The molecule has 11 heteroatoms. The molecule has 1 heterocycles. The molecule has 0 saturated carbocycles. The van der Waals surface area contributed by atoms with E-state index in [0.29, 0.717) is 6.07 Å². The van der Waals surface area contributed by atoms with Crippen molar-refractivity contribution in [2.75, 3.05) is 12.8 Å². The maximum Gasteiger partial charge on any atom is 0.534 e. The normalized spacial score (nSPS) is 11.7. The zero-order chi connectivity index (χ0) is 14.8. The first-order chi connectivity index (χ1) is 8.62. The summed E-state index contributed by atoms with van der Waals surface area (Å²) in [6.45, 7) is 0. The molecular formula is C8H6F3N3O4S. The molecule has 0 fully saturated rings. The second kappa shape index (κ2) is 4.81. The zero-order valence-electron chi connectivity index (χ0n) is 9.22. The summed E-state index contributed by atoms with van der Waals surface area (Å²) in [6.07, 6.45) is 0. The number of hydrogen-bond acceptors (Lipinski definition) is 7. The molecular weight excluding hydrogens is 291 g/mol. The zero-order valence-corrected chi connectivity index (χ0v) is 10.0. The van der Waals surface area contributed by atoms with Gasteiger partial charge in [0.15, 0.2) is 0 Å². The van der Waals surface area contributed by atoms with Crippen LogP contribution in [0.15, 0.2) is 6.07 Å². The molecule has 1 aromatic rings. The third kappa shape index (κ3) is 2.97. The molecule has 0 radical (unpaired) electrons. The van der Waals surface area contributed by atoms with Gasteiger partial charge in [0.1, 0.15) is 11.6 Å². The summed E-state index contributed by atoms with van der Waals surface area (Å²) in [5, 5.41) is 8.69. The van der Waals surface area contributed by atoms with E-state index in [0.717, 1.165) is 7.11 Å². The molecule has 0 aromatic carbocycles. The van der Waals surface area contributed by atoms with E-state index < -0.39 is 27.4 Å². The van der Waals surface area contributed by atoms with Gasteiger partial charge in [0.2, 0.25) is 11.8 Å². The van der Waals surface area contributed by atoms with Crippen molar-refractivity contribution in [1.82, 2.24) is 4.98 Å². The Morgan fingerprint density at radius 1 is 1.47 bits per heavy atom. The number of ether oxygens (including phenoxy) is 1. The molecule has 104 valence electrons. The minimum Gasteiger partial charge on any atom is -0.480 e. The number of nitriles is 1. The standard InChI is InChI=1S/C8H6F3N3O4S/c1-17-7-4(3-12)5(13)2-6(14-7)18-19(15,16)8(9,10)11/h2H,1H3,(H2,13,14). The van der Waals surface area contributed by atoms with Gasteiger partial charge in [0, 0.05) is 6.07 Å². The fourth-order valence-electron chi connectivity index (χ4n) is 0.979. The molecule has 19 heavy (non-hydrogen) atoms. The van der Waals surface area contributed by atoms with Gasteiger partial charge in [-0.25, -0.2) is 0 Å². The highest BCUT2D eigenvalue weighted by Gasteiger charge is 2.49. The van der Waals surface area contributed by atoms with E-state index in [1.54, 1.807) is 6.07 Å². The highest BCUT2D eigenvalue weighted by Crippen LogP contribution is 2.30. The third-order valence-corrected chi connectivity index (χ3v) is 2.73. The molecule has 0 aliphatic carbocycles. The first kappa shape index (κ1) is 14.8. The average molecular weight is 297 g/mol. The molecule has 0 aliphatic heterocycles. The number of rotatable bonds is 3. The van der Waals surface area contributed by atoms with Crippen LogP contribution in [-0.2, 0) is 10.1 Å². The van der Waals surface area contributed by atoms with E-state index in [1.807, 2.05) is 0 Å². The van der Waals surface area contributed by atoms with Crippen molar-refractivity contribution < 1.29 is 30.5 Å². The Bertz CT molecular complexity index is 636. The number of nitrogens with zero attached hydrogens (tertiary/aromatic N) is 2. The Hall–Kier alpha value is -2.22. The lowest BCUT2D eigenvalue weighted by molar-refractivity contribution is -0.0501. The fourth-order valence-corrected chi connectivity index (χ4v) is 1.38. The van der Waals surface area contributed by atoms with Crippen molar-refractivity contribution in [3.05, 3.63) is 11.6 Å². The van der Waals surface area contributed by atoms with Crippen molar-refractivity contribution >= 4 is 15.8 Å². The van der Waals surface area contributed by atoms with Crippen molar-refractivity contribution in [3.8, 4) is 17.8 Å². The quantitative estimate of drug-likeness (QED) is 0.647. The van der Waals surface area contributed by atoms with Crippen molar-refractivity contribution in [3.63, 3.8) is 0 Å². The minimum atomic E-state index is -5.87. The molecule has 0 aliphatic rings. The number of anilines is 1. The molecule has 0 bridgehead atoms. The molecule has 0 amide bonds. The SMILES string of the molecule is COc1nc(OS(=O)(=O)C(F)(F)F)cc(N)c1C#N. The van der Waals surface area contributed by atoms with Gasteiger partial charge < -0.3 is 14.7 Å². The first-order valence-corrected chi connectivity index (χ1v) is 5.78. The maximum absolute atomic E-state index is 12.1. The summed E-state index contributed by atoms with van der Waals surface area (Å²) in [5.74, 6) is -1.40. The molecule has 0 unspecified atom stereocenters. The van der Waals surface area contributed by atoms with Gasteiger partial charge in [-0.2, -0.15) is 31.8 Å². The van der Waals surface area contributed by atoms with Crippen LogP contribution in [0.4, 0.5) is 18.9 Å². The van der Waals surface area contributed by atoms with Crippen molar-refractivity contribution in [2.24, 2.45) is 0 Å². The van der Waals surface area contributed by atoms with E-state index in [1.165, 1.54) is 0 Å². The monoisotopic (exact) mass is 297 g/mol. The van der Waals surface area contributed by atoms with E-state index in [4.69, 9.17) is 11.0 Å². The van der Waals surface area contributed by atoms with Crippen LogP contribution in [0.2, 0.25) is 0 Å². The summed E-state index contributed by atoms with van der Waals surface area (Å²) >= 11 is 0. The largest absolute Gasteiger partial charge is 0.534 e. The summed E-state index contributed by atoms with van der Waals surface area (Å²) in [6, 6.07) is 2.27. The van der Waals surface area contributed by atoms with E-state index in [2.05, 4.69) is 13.9 Å². The summed E-state index contributed by atoms with van der Waals surface area (Å²) in [4.78, 5) is 3.30. The van der Waals surface area contributed by atoms with Crippen LogP contribution in [-0.4, -0.2) is 26.0 Å². The second-order valence-electron chi connectivity index (χ2n) is 3.03. The van der Waals surface area contributed by atoms with Gasteiger partial charge in [0.25, 0.3) is 0 Å². The van der Waals surface area contributed by atoms with Crippen LogP contribution in [0, 0.1) is 11.3 Å². The number of methoxy groups -OCH3 is 1. The predicted octanol–water partition coefficient (Wildman–Crippen LogP) is 0.772. The summed E-state index contributed by atoms with van der Waals surface area (Å²) < 4.78 is 66.1. The van der Waals surface area contributed by atoms with Gasteiger partial charge in [-0.05, 0) is 0 Å². The second-order valence-corrected chi connectivity index (χ2v) is 4.57. The number of pyridine rings is 1. The van der Waals surface area contributed by atoms with Crippen LogP contribution < -0.4 is 14.7 Å². The Morgan fingerprint density at radius 2 is 2.05 bits per heavy atom. The number of aromatic nitrogens is 1. The third-order valence-electron chi connectivity index (χ3n) is 1.78. The molecule has 1 aromatic heterocycles. The van der Waals surface area contributed by atoms with Crippen LogP contribution >= 0.6 is 0 Å². The van der Waals surface area contributed by atoms with Crippen LogP contribution in [0.3, 0.4) is 0 Å². The predicted molar refractivity (Wildman–Crippen MR) is 55.5 cm³/mol. The lowest BCUT2D eigenvalue weighted by Gasteiger charge is -2.10. The number of nitrogen functional groups attached to an aromatic ring is 1. The van der Waals surface area contributed by atoms with Gasteiger partial charge in [-0.15, -0.1) is 0 Å². The highest BCUT2D eigenvalue weighted by molar-refractivity contribution is 7.87. The molecule has 0 spiro atoms. The Kier molecular flexibility index (Phi) is 3.75. The fraction of sp³-hybridized carbons (Fsp3) is 0.250. The summed E-state index contributed by atoms with van der Waals surface area (Å²) in [7, 11) is -4.79. The van der Waals surface area contributed by atoms with Crippen LogP contribution in [0.25, 0.3) is 0 Å². The van der Waals surface area contributed by atoms with Gasteiger partial charge in [-0.3, -0.25) is 0 Å². The van der Waals surface area contributed by atoms with E-state index in [9.17, 15) is 21.6 Å². The topological polar surface area (TPSA) is 115 Å². The average Bonchev–Trinajstić information content (AvgIpc) is 2.26. The van der Waals surface area contributed by atoms with Gasteiger partial charge in [0.05, 0.1) is 12.8 Å². The Morgan fingerprint density at radius 3 is 2.47 bits per heavy atom. The molecule has 2 N–H and O–H groups in total. The molecule has 0 saturated heterocycles. The maximum atomic E-state index is 12.1. The smallest absolute Gasteiger partial charge is 0.480 e. The molecule has 0 atom stereocenters.